The highest BCUT2D eigenvalue weighted by atomic mass is 79.9. The van der Waals surface area contributed by atoms with E-state index in [0.29, 0.717) is 6.04 Å². The van der Waals surface area contributed by atoms with Crippen molar-refractivity contribution in [2.75, 3.05) is 5.32 Å². The van der Waals surface area contributed by atoms with Crippen molar-refractivity contribution in [3.8, 4) is 0 Å². The van der Waals surface area contributed by atoms with Gasteiger partial charge in [-0.3, -0.25) is 4.98 Å². The molecule has 0 radical (unpaired) electrons. The predicted octanol–water partition coefficient (Wildman–Crippen LogP) is 2.92. The minimum atomic E-state index is 0.266. The number of nitrogens with zero attached hydrogens (tertiary/aromatic N) is 1. The van der Waals surface area contributed by atoms with Gasteiger partial charge in [0, 0.05) is 24.5 Å². The van der Waals surface area contributed by atoms with Crippen LogP contribution >= 0.6 is 15.9 Å². The van der Waals surface area contributed by atoms with E-state index < -0.39 is 0 Å². The van der Waals surface area contributed by atoms with E-state index in [1.807, 2.05) is 12.3 Å². The Kier molecular flexibility index (Phi) is 4.18. The van der Waals surface area contributed by atoms with Crippen LogP contribution in [0.3, 0.4) is 0 Å². The highest BCUT2D eigenvalue weighted by molar-refractivity contribution is 9.10. The third kappa shape index (κ3) is 2.95. The van der Waals surface area contributed by atoms with Gasteiger partial charge in [-0.2, -0.15) is 0 Å². The molecule has 4 heteroatoms. The Labute approximate surface area is 105 Å². The summed E-state index contributed by atoms with van der Waals surface area (Å²) >= 11 is 3.50. The number of anilines is 1. The van der Waals surface area contributed by atoms with Crippen molar-refractivity contribution in [1.82, 2.24) is 4.98 Å². The largest absolute Gasteiger partial charge is 0.380 e. The number of halogens is 1. The molecule has 88 valence electrons. The maximum Gasteiger partial charge on any atom is 0.0590 e. The summed E-state index contributed by atoms with van der Waals surface area (Å²) in [4.78, 5) is 4.06. The molecule has 2 unspecified atom stereocenters. The number of hydrogen-bond donors (Lipinski definition) is 2. The van der Waals surface area contributed by atoms with E-state index in [1.165, 1.54) is 19.3 Å². The van der Waals surface area contributed by atoms with Crippen molar-refractivity contribution in [3.63, 3.8) is 0 Å². The lowest BCUT2D eigenvalue weighted by molar-refractivity contribution is 0.528. The monoisotopic (exact) mass is 283 g/mol. The maximum atomic E-state index is 6.18. The molecule has 2 atom stereocenters. The summed E-state index contributed by atoms with van der Waals surface area (Å²) in [5.41, 5.74) is 7.28. The second-order valence-electron chi connectivity index (χ2n) is 4.41. The molecule has 1 fully saturated rings. The lowest BCUT2D eigenvalue weighted by Crippen LogP contribution is -2.39. The second-order valence-corrected chi connectivity index (χ2v) is 5.26. The minimum Gasteiger partial charge on any atom is -0.380 e. The van der Waals surface area contributed by atoms with E-state index in [0.717, 1.165) is 23.0 Å². The number of hydrogen-bond acceptors (Lipinski definition) is 3. The van der Waals surface area contributed by atoms with Crippen LogP contribution in [0.4, 0.5) is 5.69 Å². The first-order valence-corrected chi connectivity index (χ1v) is 6.68. The lowest BCUT2D eigenvalue weighted by atomic mass is 10.0. The van der Waals surface area contributed by atoms with Gasteiger partial charge in [0.05, 0.1) is 10.2 Å². The molecule has 0 spiro atoms. The topological polar surface area (TPSA) is 50.9 Å². The first-order valence-electron chi connectivity index (χ1n) is 5.89. The van der Waals surface area contributed by atoms with Gasteiger partial charge in [-0.25, -0.2) is 0 Å². The maximum absolute atomic E-state index is 6.18. The molecule has 0 bridgehead atoms. The zero-order chi connectivity index (χ0) is 11.4. The number of aromatic nitrogens is 1. The summed E-state index contributed by atoms with van der Waals surface area (Å²) in [6.45, 7) is 0. The van der Waals surface area contributed by atoms with Crippen LogP contribution in [0, 0.1) is 0 Å². The van der Waals surface area contributed by atoms with Crippen LogP contribution in [0.1, 0.15) is 32.1 Å². The van der Waals surface area contributed by atoms with E-state index in [4.69, 9.17) is 5.73 Å². The van der Waals surface area contributed by atoms with Crippen molar-refractivity contribution in [2.24, 2.45) is 5.73 Å². The summed E-state index contributed by atoms with van der Waals surface area (Å²) in [6.07, 6.45) is 9.74. The van der Waals surface area contributed by atoms with E-state index in [2.05, 4.69) is 26.2 Å². The molecule has 1 aromatic rings. The highest BCUT2D eigenvalue weighted by Crippen LogP contribution is 2.25. The molecular formula is C12H18BrN3. The molecule has 16 heavy (non-hydrogen) atoms. The summed E-state index contributed by atoms with van der Waals surface area (Å²) in [7, 11) is 0. The van der Waals surface area contributed by atoms with Gasteiger partial charge in [-0.15, -0.1) is 0 Å². The minimum absolute atomic E-state index is 0.266. The van der Waals surface area contributed by atoms with Gasteiger partial charge < -0.3 is 11.1 Å². The zero-order valence-corrected chi connectivity index (χ0v) is 10.9. The van der Waals surface area contributed by atoms with Gasteiger partial charge in [-0.1, -0.05) is 19.3 Å². The van der Waals surface area contributed by atoms with Gasteiger partial charge in [0.1, 0.15) is 0 Å². The van der Waals surface area contributed by atoms with Crippen molar-refractivity contribution >= 4 is 21.6 Å². The lowest BCUT2D eigenvalue weighted by Gasteiger charge is -2.24. The Morgan fingerprint density at radius 3 is 2.94 bits per heavy atom. The van der Waals surface area contributed by atoms with Crippen LogP contribution < -0.4 is 11.1 Å². The van der Waals surface area contributed by atoms with Crippen molar-refractivity contribution in [3.05, 3.63) is 22.9 Å². The van der Waals surface area contributed by atoms with E-state index in [-0.39, 0.29) is 6.04 Å². The SMILES string of the molecule is NC1CCCCCC1Nc1ccncc1Br. The zero-order valence-electron chi connectivity index (χ0n) is 9.32. The number of rotatable bonds is 2. The van der Waals surface area contributed by atoms with Crippen LogP contribution in [0.2, 0.25) is 0 Å². The van der Waals surface area contributed by atoms with Crippen LogP contribution in [-0.4, -0.2) is 17.1 Å². The van der Waals surface area contributed by atoms with Crippen molar-refractivity contribution in [1.29, 1.82) is 0 Å². The van der Waals surface area contributed by atoms with E-state index in [1.54, 1.807) is 6.20 Å². The van der Waals surface area contributed by atoms with Crippen LogP contribution in [-0.2, 0) is 0 Å². The van der Waals surface area contributed by atoms with Crippen molar-refractivity contribution in [2.45, 2.75) is 44.2 Å². The summed E-state index contributed by atoms with van der Waals surface area (Å²) in [5.74, 6) is 0. The van der Waals surface area contributed by atoms with E-state index >= 15 is 0 Å². The van der Waals surface area contributed by atoms with Crippen LogP contribution in [0.5, 0.6) is 0 Å². The molecule has 3 nitrogen and oxygen atoms in total. The summed E-state index contributed by atoms with van der Waals surface area (Å²) < 4.78 is 1.01. The Hall–Kier alpha value is -0.610. The molecule has 3 N–H and O–H groups in total. The number of nitrogens with one attached hydrogen (secondary N) is 1. The second kappa shape index (κ2) is 5.64. The first-order chi connectivity index (χ1) is 7.77. The average molecular weight is 284 g/mol. The summed E-state index contributed by atoms with van der Waals surface area (Å²) in [5, 5.41) is 3.53. The normalized spacial score (nSPS) is 26.1. The fraction of sp³-hybridized carbons (Fsp3) is 0.583. The Bertz CT molecular complexity index is 343. The van der Waals surface area contributed by atoms with Gasteiger partial charge in [0.25, 0.3) is 0 Å². The van der Waals surface area contributed by atoms with Crippen LogP contribution in [0.15, 0.2) is 22.9 Å². The van der Waals surface area contributed by atoms with Gasteiger partial charge in [-0.05, 0) is 34.8 Å². The molecule has 1 saturated carbocycles. The molecule has 1 aliphatic carbocycles. The standard InChI is InChI=1S/C12H18BrN3/c13-9-8-15-7-6-11(9)16-12-5-3-1-2-4-10(12)14/h6-8,10,12H,1-5,14H2,(H,15,16). The average Bonchev–Trinajstić information content (AvgIpc) is 2.48. The molecule has 2 rings (SSSR count). The van der Waals surface area contributed by atoms with Crippen LogP contribution in [0.25, 0.3) is 0 Å². The third-order valence-corrected chi connectivity index (χ3v) is 3.81. The molecule has 0 saturated heterocycles. The predicted molar refractivity (Wildman–Crippen MR) is 70.4 cm³/mol. The first kappa shape index (κ1) is 11.9. The van der Waals surface area contributed by atoms with Crippen molar-refractivity contribution < 1.29 is 0 Å². The molecule has 0 aliphatic heterocycles. The number of pyridine rings is 1. The molecule has 1 aromatic heterocycles. The van der Waals surface area contributed by atoms with Gasteiger partial charge in [0.15, 0.2) is 0 Å². The molecular weight excluding hydrogens is 266 g/mol. The molecule has 1 heterocycles. The smallest absolute Gasteiger partial charge is 0.0590 e. The quantitative estimate of drug-likeness (QED) is 0.821. The van der Waals surface area contributed by atoms with Gasteiger partial charge >= 0.3 is 0 Å². The fourth-order valence-corrected chi connectivity index (χ4v) is 2.57. The van der Waals surface area contributed by atoms with E-state index in [9.17, 15) is 0 Å². The number of nitrogens with two attached hydrogens (primary N) is 1. The Balaban J connectivity index is 2.05. The molecule has 1 aliphatic rings. The molecule has 0 amide bonds. The van der Waals surface area contributed by atoms with Gasteiger partial charge in [0.2, 0.25) is 0 Å². The molecule has 0 aromatic carbocycles. The highest BCUT2D eigenvalue weighted by Gasteiger charge is 2.20. The fourth-order valence-electron chi connectivity index (χ4n) is 2.21. The Morgan fingerprint density at radius 2 is 2.12 bits per heavy atom. The summed E-state index contributed by atoms with van der Waals surface area (Å²) in [6, 6.07) is 2.64. The Morgan fingerprint density at radius 1 is 1.31 bits per heavy atom. The third-order valence-electron chi connectivity index (χ3n) is 3.18.